The Morgan fingerprint density at radius 3 is 2.19 bits per heavy atom. The van der Waals surface area contributed by atoms with Gasteiger partial charge in [-0.1, -0.05) is 30.3 Å². The van der Waals surface area contributed by atoms with E-state index in [4.69, 9.17) is 0 Å². The Labute approximate surface area is 161 Å². The summed E-state index contributed by atoms with van der Waals surface area (Å²) in [6, 6.07) is 17.6. The zero-order chi connectivity index (χ0) is 19.2. The fourth-order valence-corrected chi connectivity index (χ4v) is 3.64. The SMILES string of the molecule is CC(=O)c1ccc(NC(=O)[C@@H](C)[NH+]2CC[NH+](Cc3ccccc3)CC2)cc1. The molecule has 142 valence electrons. The molecule has 5 heteroatoms. The van der Waals surface area contributed by atoms with Gasteiger partial charge in [-0.3, -0.25) is 9.59 Å². The number of hydrogen-bond acceptors (Lipinski definition) is 2. The summed E-state index contributed by atoms with van der Waals surface area (Å²) in [5.41, 5.74) is 2.77. The lowest BCUT2D eigenvalue weighted by molar-refractivity contribution is -1.02. The number of rotatable bonds is 6. The van der Waals surface area contributed by atoms with Crippen molar-refractivity contribution < 1.29 is 19.4 Å². The van der Waals surface area contributed by atoms with Gasteiger partial charge in [0.1, 0.15) is 32.7 Å². The van der Waals surface area contributed by atoms with Crippen LogP contribution in [0, 0.1) is 0 Å². The second-order valence-corrected chi connectivity index (χ2v) is 7.42. The number of benzene rings is 2. The predicted octanol–water partition coefficient (Wildman–Crippen LogP) is 0.200. The molecule has 0 bridgehead atoms. The summed E-state index contributed by atoms with van der Waals surface area (Å²) >= 11 is 0. The lowest BCUT2D eigenvalue weighted by atomic mass is 10.1. The summed E-state index contributed by atoms with van der Waals surface area (Å²) in [4.78, 5) is 26.9. The van der Waals surface area contributed by atoms with Gasteiger partial charge in [-0.05, 0) is 38.1 Å². The Morgan fingerprint density at radius 1 is 0.963 bits per heavy atom. The summed E-state index contributed by atoms with van der Waals surface area (Å²) in [5.74, 6) is 0.0636. The number of amides is 1. The minimum Gasteiger partial charge on any atom is -0.322 e. The summed E-state index contributed by atoms with van der Waals surface area (Å²) in [6.45, 7) is 8.75. The van der Waals surface area contributed by atoms with Crippen LogP contribution in [0.15, 0.2) is 54.6 Å². The Morgan fingerprint density at radius 2 is 1.59 bits per heavy atom. The predicted molar refractivity (Wildman–Crippen MR) is 106 cm³/mol. The highest BCUT2D eigenvalue weighted by molar-refractivity contribution is 5.96. The van der Waals surface area contributed by atoms with Crippen LogP contribution < -0.4 is 15.1 Å². The van der Waals surface area contributed by atoms with Crippen LogP contribution in [-0.4, -0.2) is 43.9 Å². The maximum atomic E-state index is 12.6. The molecule has 3 N–H and O–H groups in total. The lowest BCUT2D eigenvalue weighted by Gasteiger charge is -2.32. The van der Waals surface area contributed by atoms with Crippen LogP contribution in [0.4, 0.5) is 5.69 Å². The highest BCUT2D eigenvalue weighted by Gasteiger charge is 2.31. The number of anilines is 1. The number of ketones is 1. The van der Waals surface area contributed by atoms with Crippen molar-refractivity contribution in [1.82, 2.24) is 0 Å². The molecule has 0 aromatic heterocycles. The molecule has 0 spiro atoms. The van der Waals surface area contributed by atoms with E-state index < -0.39 is 0 Å². The van der Waals surface area contributed by atoms with Crippen molar-refractivity contribution in [2.75, 3.05) is 31.5 Å². The van der Waals surface area contributed by atoms with Crippen molar-refractivity contribution in [3.8, 4) is 0 Å². The number of hydrogen-bond donors (Lipinski definition) is 3. The van der Waals surface area contributed by atoms with E-state index in [0.29, 0.717) is 5.56 Å². The van der Waals surface area contributed by atoms with Crippen molar-refractivity contribution in [2.45, 2.75) is 26.4 Å². The van der Waals surface area contributed by atoms with E-state index in [2.05, 4.69) is 35.6 Å². The van der Waals surface area contributed by atoms with Crippen molar-refractivity contribution in [3.05, 3.63) is 65.7 Å². The highest BCUT2D eigenvalue weighted by Crippen LogP contribution is 2.10. The molecule has 1 saturated heterocycles. The molecule has 0 unspecified atom stereocenters. The van der Waals surface area contributed by atoms with E-state index in [-0.39, 0.29) is 17.7 Å². The lowest BCUT2D eigenvalue weighted by Crippen LogP contribution is -3.29. The average molecular weight is 367 g/mol. The van der Waals surface area contributed by atoms with Gasteiger partial charge in [0, 0.05) is 16.8 Å². The fraction of sp³-hybridized carbons (Fsp3) is 0.364. The van der Waals surface area contributed by atoms with Crippen LogP contribution in [0.25, 0.3) is 0 Å². The largest absolute Gasteiger partial charge is 0.322 e. The molecular formula is C22H29N3O2+2. The van der Waals surface area contributed by atoms with Crippen LogP contribution >= 0.6 is 0 Å². The minimum absolute atomic E-state index is 0.0292. The van der Waals surface area contributed by atoms with Gasteiger partial charge in [0.05, 0.1) is 0 Å². The third-order valence-electron chi connectivity index (χ3n) is 5.46. The molecule has 1 aliphatic rings. The van der Waals surface area contributed by atoms with Gasteiger partial charge < -0.3 is 15.1 Å². The third kappa shape index (κ3) is 5.25. The molecule has 1 aliphatic heterocycles. The standard InChI is InChI=1S/C22H27N3O2/c1-17(22(27)23-21-10-8-20(9-11-21)18(2)26)25-14-12-24(13-15-25)16-19-6-4-3-5-7-19/h3-11,17H,12-16H2,1-2H3,(H,23,27)/p+2/t17-/m1/s1. The first kappa shape index (κ1) is 19.3. The molecule has 0 aliphatic carbocycles. The van der Waals surface area contributed by atoms with E-state index in [0.717, 1.165) is 38.4 Å². The van der Waals surface area contributed by atoms with Gasteiger partial charge in [0.15, 0.2) is 11.8 Å². The van der Waals surface area contributed by atoms with Gasteiger partial charge in [0.25, 0.3) is 5.91 Å². The molecule has 3 rings (SSSR count). The highest BCUT2D eigenvalue weighted by atomic mass is 16.2. The zero-order valence-corrected chi connectivity index (χ0v) is 16.1. The second-order valence-electron chi connectivity index (χ2n) is 7.42. The normalized spacial score (nSPS) is 20.7. The number of piperazine rings is 1. The molecule has 5 nitrogen and oxygen atoms in total. The van der Waals surface area contributed by atoms with E-state index >= 15 is 0 Å². The maximum Gasteiger partial charge on any atom is 0.282 e. The van der Waals surface area contributed by atoms with Crippen molar-refractivity contribution in [3.63, 3.8) is 0 Å². The van der Waals surface area contributed by atoms with Gasteiger partial charge in [-0.2, -0.15) is 0 Å². The first-order valence-corrected chi connectivity index (χ1v) is 9.67. The van der Waals surface area contributed by atoms with Gasteiger partial charge in [-0.25, -0.2) is 0 Å². The summed E-state index contributed by atoms with van der Waals surface area (Å²) in [5, 5.41) is 2.98. The molecule has 1 fully saturated rings. The Hall–Kier alpha value is -2.50. The Bertz CT molecular complexity index is 766. The number of nitrogens with one attached hydrogen (secondary N) is 3. The first-order chi connectivity index (χ1) is 13.0. The number of quaternary nitrogens is 2. The van der Waals surface area contributed by atoms with Gasteiger partial charge in [0.2, 0.25) is 0 Å². The number of carbonyl (C=O) groups is 2. The smallest absolute Gasteiger partial charge is 0.282 e. The molecular weight excluding hydrogens is 338 g/mol. The van der Waals surface area contributed by atoms with E-state index in [1.54, 1.807) is 36.1 Å². The Balaban J connectivity index is 1.48. The third-order valence-corrected chi connectivity index (χ3v) is 5.46. The molecule has 1 heterocycles. The van der Waals surface area contributed by atoms with Gasteiger partial charge >= 0.3 is 0 Å². The molecule has 0 radical (unpaired) electrons. The summed E-state index contributed by atoms with van der Waals surface area (Å²) in [7, 11) is 0. The van der Waals surface area contributed by atoms with Crippen LogP contribution in [-0.2, 0) is 11.3 Å². The number of carbonyl (C=O) groups excluding carboxylic acids is 2. The topological polar surface area (TPSA) is 55.0 Å². The van der Waals surface area contributed by atoms with Crippen molar-refractivity contribution in [2.24, 2.45) is 0 Å². The van der Waals surface area contributed by atoms with Crippen molar-refractivity contribution in [1.29, 1.82) is 0 Å². The van der Waals surface area contributed by atoms with Crippen LogP contribution in [0.1, 0.15) is 29.8 Å². The van der Waals surface area contributed by atoms with Crippen LogP contribution in [0.2, 0.25) is 0 Å². The monoisotopic (exact) mass is 367 g/mol. The van der Waals surface area contributed by atoms with E-state index in [9.17, 15) is 9.59 Å². The van der Waals surface area contributed by atoms with Gasteiger partial charge in [-0.15, -0.1) is 0 Å². The first-order valence-electron chi connectivity index (χ1n) is 9.67. The van der Waals surface area contributed by atoms with Crippen LogP contribution in [0.5, 0.6) is 0 Å². The summed E-state index contributed by atoms with van der Waals surface area (Å²) < 4.78 is 0. The molecule has 0 saturated carbocycles. The molecule has 27 heavy (non-hydrogen) atoms. The molecule has 2 aromatic rings. The van der Waals surface area contributed by atoms with E-state index in [1.807, 2.05) is 6.92 Å². The second kappa shape index (κ2) is 8.93. The Kier molecular flexibility index (Phi) is 6.37. The molecule has 1 amide bonds. The minimum atomic E-state index is -0.0873. The maximum absolute atomic E-state index is 12.6. The summed E-state index contributed by atoms with van der Waals surface area (Å²) in [6.07, 6.45) is 0. The molecule has 1 atom stereocenters. The van der Waals surface area contributed by atoms with Crippen LogP contribution in [0.3, 0.4) is 0 Å². The van der Waals surface area contributed by atoms with Crippen molar-refractivity contribution >= 4 is 17.4 Å². The number of Topliss-reactive ketones (excluding diaryl/α,β-unsaturated/α-hetero) is 1. The average Bonchev–Trinajstić information content (AvgIpc) is 2.69. The molecule has 2 aromatic carbocycles. The zero-order valence-electron chi connectivity index (χ0n) is 16.1. The van der Waals surface area contributed by atoms with E-state index in [1.165, 1.54) is 10.5 Å². The quantitative estimate of drug-likeness (QED) is 0.639. The fourth-order valence-electron chi connectivity index (χ4n) is 3.64.